The molecule has 2 unspecified atom stereocenters. The Hall–Kier alpha value is -2.82. The molecule has 0 radical (unpaired) electrons. The molecule has 3 aromatic carbocycles. The first kappa shape index (κ1) is 25.8. The third kappa shape index (κ3) is 7.61. The summed E-state index contributed by atoms with van der Waals surface area (Å²) in [5, 5.41) is 4.27. The summed E-state index contributed by atoms with van der Waals surface area (Å²) in [6.07, 6.45) is 1.37. The highest BCUT2D eigenvalue weighted by atomic mass is 35.5. The Kier molecular flexibility index (Phi) is 9.55. The van der Waals surface area contributed by atoms with Crippen LogP contribution in [0.5, 0.6) is 0 Å². The van der Waals surface area contributed by atoms with Gasteiger partial charge in [0.2, 0.25) is 11.8 Å². The Balaban J connectivity index is 1.96. The minimum atomic E-state index is -0.668. The minimum Gasteiger partial charge on any atom is -0.352 e. The van der Waals surface area contributed by atoms with Crippen LogP contribution in [0.3, 0.4) is 0 Å². The summed E-state index contributed by atoms with van der Waals surface area (Å²) in [6, 6.07) is 23.7. The van der Waals surface area contributed by atoms with Crippen LogP contribution in [0.2, 0.25) is 10.0 Å². The van der Waals surface area contributed by atoms with Crippen molar-refractivity contribution in [2.24, 2.45) is 0 Å². The van der Waals surface area contributed by atoms with Crippen molar-refractivity contribution >= 4 is 35.0 Å². The predicted octanol–water partition coefficient (Wildman–Crippen LogP) is 6.09. The van der Waals surface area contributed by atoms with Crippen LogP contribution >= 0.6 is 23.2 Å². The number of carbonyl (C=O) groups excluding carboxylic acids is 2. The van der Waals surface area contributed by atoms with Crippen molar-refractivity contribution in [2.75, 3.05) is 0 Å². The van der Waals surface area contributed by atoms with E-state index in [-0.39, 0.29) is 24.3 Å². The minimum absolute atomic E-state index is 0.00573. The first-order valence-electron chi connectivity index (χ1n) is 11.5. The molecule has 0 aromatic heterocycles. The molecule has 0 fully saturated rings. The van der Waals surface area contributed by atoms with Crippen molar-refractivity contribution in [2.45, 2.75) is 51.7 Å². The second-order valence-corrected chi connectivity index (χ2v) is 9.35. The van der Waals surface area contributed by atoms with Crippen LogP contribution in [-0.2, 0) is 29.0 Å². The largest absolute Gasteiger partial charge is 0.352 e. The summed E-state index contributed by atoms with van der Waals surface area (Å²) >= 11 is 12.2. The van der Waals surface area contributed by atoms with E-state index in [0.717, 1.165) is 23.1 Å². The fraction of sp³-hybridized carbons (Fsp3) is 0.286. The smallest absolute Gasteiger partial charge is 0.243 e. The average molecular weight is 497 g/mol. The zero-order valence-corrected chi connectivity index (χ0v) is 21.0. The Bertz CT molecular complexity index is 1090. The molecule has 3 aromatic rings. The highest BCUT2D eigenvalue weighted by Gasteiger charge is 2.31. The van der Waals surface area contributed by atoms with E-state index in [2.05, 4.69) is 5.32 Å². The Labute approximate surface area is 211 Å². The maximum absolute atomic E-state index is 13.7. The number of carbonyl (C=O) groups is 2. The number of benzene rings is 3. The Morgan fingerprint density at radius 2 is 1.53 bits per heavy atom. The Morgan fingerprint density at radius 1 is 0.853 bits per heavy atom. The molecule has 0 aliphatic rings. The van der Waals surface area contributed by atoms with Crippen LogP contribution in [0.25, 0.3) is 0 Å². The quantitative estimate of drug-likeness (QED) is 0.369. The molecule has 0 heterocycles. The maximum Gasteiger partial charge on any atom is 0.243 e. The van der Waals surface area contributed by atoms with Gasteiger partial charge >= 0.3 is 0 Å². The number of rotatable bonds is 10. The first-order valence-corrected chi connectivity index (χ1v) is 12.2. The van der Waals surface area contributed by atoms with E-state index in [1.54, 1.807) is 29.2 Å². The second-order valence-electron chi connectivity index (χ2n) is 8.48. The fourth-order valence-electron chi connectivity index (χ4n) is 3.70. The SMILES string of the molecule is CCC(C)NC(=O)C(Cc1ccccc1)N(Cc1ccc(Cl)cc1)C(=O)Cc1cccc(Cl)c1. The number of nitrogens with one attached hydrogen (secondary N) is 1. The van der Waals surface area contributed by atoms with Gasteiger partial charge in [-0.3, -0.25) is 9.59 Å². The lowest BCUT2D eigenvalue weighted by molar-refractivity contribution is -0.141. The summed E-state index contributed by atoms with van der Waals surface area (Å²) in [5.41, 5.74) is 2.70. The van der Waals surface area contributed by atoms with E-state index in [4.69, 9.17) is 23.2 Å². The number of amides is 2. The molecular weight excluding hydrogens is 467 g/mol. The van der Waals surface area contributed by atoms with Crippen LogP contribution in [0.1, 0.15) is 37.0 Å². The molecule has 6 heteroatoms. The number of nitrogens with zero attached hydrogens (tertiary/aromatic N) is 1. The summed E-state index contributed by atoms with van der Waals surface area (Å²) in [4.78, 5) is 28.8. The van der Waals surface area contributed by atoms with Crippen LogP contribution in [0, 0.1) is 0 Å². The number of halogens is 2. The van der Waals surface area contributed by atoms with E-state index in [1.807, 2.05) is 68.4 Å². The summed E-state index contributed by atoms with van der Waals surface area (Å²) in [6.45, 7) is 4.28. The molecule has 1 N–H and O–H groups in total. The highest BCUT2D eigenvalue weighted by Crippen LogP contribution is 2.19. The van der Waals surface area contributed by atoms with Crippen molar-refractivity contribution in [3.63, 3.8) is 0 Å². The van der Waals surface area contributed by atoms with Crippen molar-refractivity contribution < 1.29 is 9.59 Å². The maximum atomic E-state index is 13.7. The lowest BCUT2D eigenvalue weighted by Gasteiger charge is -2.32. The average Bonchev–Trinajstić information content (AvgIpc) is 2.83. The monoisotopic (exact) mass is 496 g/mol. The number of hydrogen-bond donors (Lipinski definition) is 1. The first-order chi connectivity index (χ1) is 16.4. The summed E-state index contributed by atoms with van der Waals surface area (Å²) in [5.74, 6) is -0.302. The van der Waals surface area contributed by atoms with Gasteiger partial charge in [0, 0.05) is 29.1 Å². The Morgan fingerprint density at radius 3 is 2.18 bits per heavy atom. The van der Waals surface area contributed by atoms with E-state index < -0.39 is 6.04 Å². The molecule has 0 bridgehead atoms. The third-order valence-electron chi connectivity index (χ3n) is 5.78. The number of hydrogen-bond acceptors (Lipinski definition) is 2. The van der Waals surface area contributed by atoms with Gasteiger partial charge in [-0.15, -0.1) is 0 Å². The van der Waals surface area contributed by atoms with Gasteiger partial charge in [0.25, 0.3) is 0 Å². The standard InChI is InChI=1S/C28H30Cl2N2O2/c1-3-20(2)31-28(34)26(17-21-8-5-4-6-9-21)32(19-22-12-14-24(29)15-13-22)27(33)18-23-10-7-11-25(30)16-23/h4-16,20,26H,3,17-19H2,1-2H3,(H,31,34). The van der Waals surface area contributed by atoms with Crippen LogP contribution < -0.4 is 5.32 Å². The van der Waals surface area contributed by atoms with E-state index >= 15 is 0 Å². The van der Waals surface area contributed by atoms with Gasteiger partial charge in [-0.2, -0.15) is 0 Å². The van der Waals surface area contributed by atoms with E-state index in [1.165, 1.54) is 0 Å². The molecule has 0 aliphatic carbocycles. The van der Waals surface area contributed by atoms with Crippen molar-refractivity contribution in [1.29, 1.82) is 0 Å². The molecule has 178 valence electrons. The molecule has 0 aliphatic heterocycles. The third-order valence-corrected chi connectivity index (χ3v) is 6.27. The molecule has 2 amide bonds. The van der Waals surface area contributed by atoms with Gasteiger partial charge in [0.05, 0.1) is 6.42 Å². The van der Waals surface area contributed by atoms with E-state index in [0.29, 0.717) is 23.0 Å². The molecule has 3 rings (SSSR count). The van der Waals surface area contributed by atoms with Gasteiger partial charge in [0.1, 0.15) is 6.04 Å². The van der Waals surface area contributed by atoms with Crippen LogP contribution in [-0.4, -0.2) is 28.8 Å². The van der Waals surface area contributed by atoms with Gasteiger partial charge < -0.3 is 10.2 Å². The molecule has 0 saturated carbocycles. The lowest BCUT2D eigenvalue weighted by Crippen LogP contribution is -2.52. The molecule has 34 heavy (non-hydrogen) atoms. The zero-order chi connectivity index (χ0) is 24.5. The van der Waals surface area contributed by atoms with Crippen LogP contribution in [0.4, 0.5) is 0 Å². The topological polar surface area (TPSA) is 49.4 Å². The molecule has 0 saturated heterocycles. The zero-order valence-electron chi connectivity index (χ0n) is 19.5. The van der Waals surface area contributed by atoms with Gasteiger partial charge in [-0.25, -0.2) is 0 Å². The van der Waals surface area contributed by atoms with Gasteiger partial charge in [0.15, 0.2) is 0 Å². The van der Waals surface area contributed by atoms with Crippen molar-refractivity contribution in [3.05, 3.63) is 106 Å². The van der Waals surface area contributed by atoms with Gasteiger partial charge in [-0.1, -0.05) is 84.7 Å². The van der Waals surface area contributed by atoms with E-state index in [9.17, 15) is 9.59 Å². The van der Waals surface area contributed by atoms with Gasteiger partial charge in [-0.05, 0) is 54.3 Å². The fourth-order valence-corrected chi connectivity index (χ4v) is 4.04. The lowest BCUT2D eigenvalue weighted by atomic mass is 10.0. The second kappa shape index (κ2) is 12.6. The highest BCUT2D eigenvalue weighted by molar-refractivity contribution is 6.30. The molecule has 4 nitrogen and oxygen atoms in total. The van der Waals surface area contributed by atoms with Crippen molar-refractivity contribution in [1.82, 2.24) is 10.2 Å². The summed E-state index contributed by atoms with van der Waals surface area (Å²) < 4.78 is 0. The summed E-state index contributed by atoms with van der Waals surface area (Å²) in [7, 11) is 0. The molecular formula is C28H30Cl2N2O2. The van der Waals surface area contributed by atoms with Crippen LogP contribution in [0.15, 0.2) is 78.9 Å². The van der Waals surface area contributed by atoms with Crippen molar-refractivity contribution in [3.8, 4) is 0 Å². The normalized spacial score (nSPS) is 12.6. The predicted molar refractivity (Wildman–Crippen MR) is 139 cm³/mol. The molecule has 2 atom stereocenters. The molecule has 0 spiro atoms.